The molecule has 1 aliphatic rings. The number of aromatic nitrogens is 2. The predicted octanol–water partition coefficient (Wildman–Crippen LogP) is 3.91. The van der Waals surface area contributed by atoms with E-state index in [4.69, 9.17) is 0 Å². The number of rotatable bonds is 2. The van der Waals surface area contributed by atoms with E-state index in [0.29, 0.717) is 0 Å². The molecule has 2 nitrogen and oxygen atoms in total. The minimum atomic E-state index is 0.718. The maximum absolute atomic E-state index is 4.30. The van der Waals surface area contributed by atoms with Crippen molar-refractivity contribution in [3.8, 4) is 0 Å². The van der Waals surface area contributed by atoms with Gasteiger partial charge in [-0.2, -0.15) is 0 Å². The summed E-state index contributed by atoms with van der Waals surface area (Å²) in [4.78, 5) is 8.60. The summed E-state index contributed by atoms with van der Waals surface area (Å²) < 4.78 is 0.948. The number of nitrogens with zero attached hydrogens (tertiary/aromatic N) is 2. The first-order valence-corrected chi connectivity index (χ1v) is 7.05. The maximum Gasteiger partial charge on any atom is 0.187 e. The first kappa shape index (κ1) is 11.4. The van der Waals surface area contributed by atoms with Crippen LogP contribution in [-0.4, -0.2) is 15.2 Å². The normalized spacial score (nSPS) is 26.5. The molecule has 0 aliphatic heterocycles. The molecular weight excluding hydrogens is 272 g/mol. The van der Waals surface area contributed by atoms with Gasteiger partial charge < -0.3 is 0 Å². The Morgan fingerprint density at radius 1 is 1.33 bits per heavy atom. The van der Waals surface area contributed by atoms with Gasteiger partial charge in [0.05, 0.1) is 4.47 Å². The van der Waals surface area contributed by atoms with Crippen LogP contribution >= 0.6 is 27.7 Å². The fraction of sp³-hybridized carbons (Fsp3) is 0.636. The van der Waals surface area contributed by atoms with Crippen molar-refractivity contribution in [1.82, 2.24) is 9.97 Å². The number of halogens is 1. The molecule has 82 valence electrons. The summed E-state index contributed by atoms with van der Waals surface area (Å²) in [6, 6.07) is 0. The second-order valence-electron chi connectivity index (χ2n) is 4.20. The van der Waals surface area contributed by atoms with E-state index < -0.39 is 0 Å². The summed E-state index contributed by atoms with van der Waals surface area (Å²) in [7, 11) is 0. The van der Waals surface area contributed by atoms with Crippen molar-refractivity contribution >= 4 is 27.7 Å². The molecule has 2 rings (SSSR count). The van der Waals surface area contributed by atoms with E-state index in [1.165, 1.54) is 25.7 Å². The minimum Gasteiger partial charge on any atom is -0.230 e. The Morgan fingerprint density at radius 3 is 2.73 bits per heavy atom. The molecule has 2 unspecified atom stereocenters. The molecule has 1 aromatic rings. The fourth-order valence-corrected chi connectivity index (χ4v) is 3.44. The quantitative estimate of drug-likeness (QED) is 0.771. The lowest BCUT2D eigenvalue weighted by Crippen LogP contribution is -2.15. The van der Waals surface area contributed by atoms with E-state index in [0.717, 1.165) is 20.8 Å². The van der Waals surface area contributed by atoms with Crippen LogP contribution in [0.25, 0.3) is 0 Å². The smallest absolute Gasteiger partial charge is 0.187 e. The van der Waals surface area contributed by atoms with Crippen molar-refractivity contribution in [3.63, 3.8) is 0 Å². The summed E-state index contributed by atoms with van der Waals surface area (Å²) >= 11 is 5.18. The van der Waals surface area contributed by atoms with Gasteiger partial charge in [-0.25, -0.2) is 9.97 Å². The molecular formula is C11H15BrN2S. The van der Waals surface area contributed by atoms with Crippen LogP contribution in [0, 0.1) is 5.92 Å². The first-order valence-electron chi connectivity index (χ1n) is 5.38. The highest BCUT2D eigenvalue weighted by atomic mass is 79.9. The fourth-order valence-electron chi connectivity index (χ4n) is 2.00. The van der Waals surface area contributed by atoms with E-state index >= 15 is 0 Å². The third kappa shape index (κ3) is 3.45. The predicted molar refractivity (Wildman–Crippen MR) is 67.0 cm³/mol. The molecule has 15 heavy (non-hydrogen) atoms. The molecule has 4 heteroatoms. The van der Waals surface area contributed by atoms with E-state index in [2.05, 4.69) is 32.8 Å². The van der Waals surface area contributed by atoms with Gasteiger partial charge in [0.2, 0.25) is 0 Å². The van der Waals surface area contributed by atoms with Crippen molar-refractivity contribution in [3.05, 3.63) is 16.9 Å². The van der Waals surface area contributed by atoms with Gasteiger partial charge in [0.15, 0.2) is 5.16 Å². The molecule has 1 saturated carbocycles. The number of hydrogen-bond acceptors (Lipinski definition) is 3. The van der Waals surface area contributed by atoms with Crippen LogP contribution in [-0.2, 0) is 0 Å². The van der Waals surface area contributed by atoms with Gasteiger partial charge in [-0.1, -0.05) is 31.5 Å². The molecule has 0 spiro atoms. The summed E-state index contributed by atoms with van der Waals surface area (Å²) in [5.74, 6) is 0.867. The molecule has 0 N–H and O–H groups in total. The zero-order valence-electron chi connectivity index (χ0n) is 8.82. The highest BCUT2D eigenvalue weighted by Crippen LogP contribution is 2.34. The molecule has 1 aliphatic carbocycles. The lowest BCUT2D eigenvalue weighted by molar-refractivity contribution is 0.394. The third-order valence-corrected chi connectivity index (χ3v) is 4.35. The third-order valence-electron chi connectivity index (χ3n) is 2.76. The van der Waals surface area contributed by atoms with Crippen LogP contribution < -0.4 is 0 Å². The monoisotopic (exact) mass is 286 g/mol. The van der Waals surface area contributed by atoms with Gasteiger partial charge in [-0.15, -0.1) is 0 Å². The van der Waals surface area contributed by atoms with Crippen LogP contribution in [0.15, 0.2) is 22.0 Å². The topological polar surface area (TPSA) is 25.8 Å². The molecule has 0 radical (unpaired) electrons. The number of thioether (sulfide) groups is 1. The molecule has 2 atom stereocenters. The Kier molecular flexibility index (Phi) is 4.03. The Balaban J connectivity index is 1.93. The van der Waals surface area contributed by atoms with Crippen molar-refractivity contribution in [2.75, 3.05) is 0 Å². The molecule has 1 fully saturated rings. The van der Waals surface area contributed by atoms with E-state index in [1.54, 1.807) is 0 Å². The lowest BCUT2D eigenvalue weighted by atomic mass is 9.91. The van der Waals surface area contributed by atoms with E-state index in [-0.39, 0.29) is 0 Å². The zero-order valence-corrected chi connectivity index (χ0v) is 11.2. The average molecular weight is 287 g/mol. The Hall–Kier alpha value is -0.0900. The number of hydrogen-bond donors (Lipinski definition) is 0. The molecule has 1 aromatic heterocycles. The molecule has 0 aromatic carbocycles. The zero-order chi connectivity index (χ0) is 10.7. The standard InChI is InChI=1S/C11H15BrN2S/c1-8-3-2-4-10(5-8)15-11-13-6-9(12)7-14-11/h6-8,10H,2-5H2,1H3. The summed E-state index contributed by atoms with van der Waals surface area (Å²) in [5, 5.41) is 1.63. The van der Waals surface area contributed by atoms with Gasteiger partial charge in [-0.3, -0.25) is 0 Å². The van der Waals surface area contributed by atoms with Crippen LogP contribution in [0.5, 0.6) is 0 Å². The van der Waals surface area contributed by atoms with E-state index in [1.807, 2.05) is 24.2 Å². The summed E-state index contributed by atoms with van der Waals surface area (Å²) in [5.41, 5.74) is 0. The molecule has 1 heterocycles. The van der Waals surface area contributed by atoms with Gasteiger partial charge in [-0.05, 0) is 34.7 Å². The molecule has 0 saturated heterocycles. The first-order chi connectivity index (χ1) is 7.24. The highest BCUT2D eigenvalue weighted by Gasteiger charge is 2.20. The van der Waals surface area contributed by atoms with Gasteiger partial charge >= 0.3 is 0 Å². The van der Waals surface area contributed by atoms with Gasteiger partial charge in [0.1, 0.15) is 0 Å². The molecule has 0 amide bonds. The Morgan fingerprint density at radius 2 is 2.07 bits per heavy atom. The van der Waals surface area contributed by atoms with Gasteiger partial charge in [0.25, 0.3) is 0 Å². The van der Waals surface area contributed by atoms with Crippen LogP contribution in [0.2, 0.25) is 0 Å². The van der Waals surface area contributed by atoms with Crippen LogP contribution in [0.4, 0.5) is 0 Å². The summed E-state index contributed by atoms with van der Waals surface area (Å²) in [6.45, 7) is 2.34. The van der Waals surface area contributed by atoms with Crippen molar-refractivity contribution < 1.29 is 0 Å². The Labute approximate surface area is 103 Å². The minimum absolute atomic E-state index is 0.718. The van der Waals surface area contributed by atoms with E-state index in [9.17, 15) is 0 Å². The van der Waals surface area contributed by atoms with Crippen LogP contribution in [0.1, 0.15) is 32.6 Å². The van der Waals surface area contributed by atoms with Gasteiger partial charge in [0, 0.05) is 17.6 Å². The lowest BCUT2D eigenvalue weighted by Gasteiger charge is -2.25. The highest BCUT2D eigenvalue weighted by molar-refractivity contribution is 9.10. The summed E-state index contributed by atoms with van der Waals surface area (Å²) in [6.07, 6.45) is 9.01. The second kappa shape index (κ2) is 5.30. The second-order valence-corrected chi connectivity index (χ2v) is 6.38. The van der Waals surface area contributed by atoms with Crippen molar-refractivity contribution in [2.45, 2.75) is 43.0 Å². The van der Waals surface area contributed by atoms with Crippen LogP contribution in [0.3, 0.4) is 0 Å². The average Bonchev–Trinajstić information content (AvgIpc) is 2.22. The van der Waals surface area contributed by atoms with Crippen molar-refractivity contribution in [2.24, 2.45) is 5.92 Å². The largest absolute Gasteiger partial charge is 0.230 e. The SMILES string of the molecule is CC1CCCC(Sc2ncc(Br)cn2)C1. The maximum atomic E-state index is 4.30. The van der Waals surface area contributed by atoms with Crippen molar-refractivity contribution in [1.29, 1.82) is 0 Å². The Bertz CT molecular complexity index is 315. The molecule has 0 bridgehead atoms.